The maximum Gasteiger partial charge on any atom is 0.344 e. The molecule has 0 bridgehead atoms. The molecule has 1 N–H and O–H groups in total. The molecule has 1 aliphatic carbocycles. The van der Waals surface area contributed by atoms with E-state index < -0.39 is 18.0 Å². The van der Waals surface area contributed by atoms with Crippen LogP contribution < -0.4 is 19.5 Å². The minimum atomic E-state index is -0.957. The van der Waals surface area contributed by atoms with Crippen LogP contribution >= 0.6 is 0 Å². The molecule has 0 aromatic heterocycles. The average Bonchev–Trinajstić information content (AvgIpc) is 3.34. The Morgan fingerprint density at radius 2 is 1.89 bits per heavy atom. The van der Waals surface area contributed by atoms with E-state index in [1.807, 2.05) is 18.2 Å². The van der Waals surface area contributed by atoms with Crippen molar-refractivity contribution in [2.75, 3.05) is 18.7 Å². The zero-order valence-electron chi connectivity index (χ0n) is 15.5. The molecule has 0 fully saturated rings. The fourth-order valence-corrected chi connectivity index (χ4v) is 3.28. The monoisotopic (exact) mass is 383 g/mol. The second-order valence-electron chi connectivity index (χ2n) is 6.76. The fraction of sp³-hybridized carbons (Fsp3) is 0.333. The predicted molar refractivity (Wildman–Crippen MR) is 101 cm³/mol. The van der Waals surface area contributed by atoms with Crippen LogP contribution in [0.1, 0.15) is 24.5 Å². The molecule has 0 saturated carbocycles. The van der Waals surface area contributed by atoms with Crippen LogP contribution in [0.15, 0.2) is 36.4 Å². The summed E-state index contributed by atoms with van der Waals surface area (Å²) in [5.41, 5.74) is 3.14. The summed E-state index contributed by atoms with van der Waals surface area (Å²) in [5, 5.41) is 2.69. The summed E-state index contributed by atoms with van der Waals surface area (Å²) in [4.78, 5) is 24.3. The molecule has 1 aliphatic heterocycles. The summed E-state index contributed by atoms with van der Waals surface area (Å²) in [6, 6.07) is 10.9. The standard InChI is InChI=1S/C21H21NO6/c1-13(21(24)22-16-6-8-18-19(10-16)27-12-26-18)28-20(23)11-25-17-7-5-14-3-2-4-15(14)9-17/h5-10,13H,2-4,11-12H2,1H3,(H,22,24)/t13-/m0/s1. The van der Waals surface area contributed by atoms with Crippen molar-refractivity contribution in [2.45, 2.75) is 32.3 Å². The van der Waals surface area contributed by atoms with Gasteiger partial charge in [-0.15, -0.1) is 0 Å². The van der Waals surface area contributed by atoms with E-state index >= 15 is 0 Å². The van der Waals surface area contributed by atoms with Crippen molar-refractivity contribution in [3.05, 3.63) is 47.5 Å². The van der Waals surface area contributed by atoms with Crippen molar-refractivity contribution in [3.8, 4) is 17.2 Å². The van der Waals surface area contributed by atoms with Crippen molar-refractivity contribution in [3.63, 3.8) is 0 Å². The fourth-order valence-electron chi connectivity index (χ4n) is 3.28. The highest BCUT2D eigenvalue weighted by molar-refractivity contribution is 5.95. The second kappa shape index (κ2) is 7.80. The van der Waals surface area contributed by atoms with Gasteiger partial charge in [0.15, 0.2) is 24.2 Å². The summed E-state index contributed by atoms with van der Waals surface area (Å²) in [5.74, 6) is 0.778. The van der Waals surface area contributed by atoms with Crippen LogP contribution in [0.3, 0.4) is 0 Å². The van der Waals surface area contributed by atoms with Crippen molar-refractivity contribution in [1.82, 2.24) is 0 Å². The lowest BCUT2D eigenvalue weighted by molar-refractivity contribution is -0.155. The summed E-state index contributed by atoms with van der Waals surface area (Å²) >= 11 is 0. The molecule has 2 aliphatic rings. The van der Waals surface area contributed by atoms with E-state index in [-0.39, 0.29) is 13.4 Å². The first-order valence-corrected chi connectivity index (χ1v) is 9.23. The molecule has 4 rings (SSSR count). The number of ether oxygens (including phenoxy) is 4. The van der Waals surface area contributed by atoms with Crippen LogP contribution in [0.4, 0.5) is 5.69 Å². The van der Waals surface area contributed by atoms with Gasteiger partial charge in [-0.2, -0.15) is 0 Å². The molecular weight excluding hydrogens is 362 g/mol. The third kappa shape index (κ3) is 4.03. The highest BCUT2D eigenvalue weighted by atomic mass is 16.7. The van der Waals surface area contributed by atoms with Gasteiger partial charge in [-0.05, 0) is 61.6 Å². The number of aryl methyl sites for hydroxylation is 2. The lowest BCUT2D eigenvalue weighted by Crippen LogP contribution is -2.31. The van der Waals surface area contributed by atoms with Gasteiger partial charge in [-0.25, -0.2) is 4.79 Å². The van der Waals surface area contributed by atoms with Crippen LogP contribution in [0.5, 0.6) is 17.2 Å². The number of fused-ring (bicyclic) bond motifs is 2. The highest BCUT2D eigenvalue weighted by Crippen LogP contribution is 2.34. The maximum absolute atomic E-state index is 12.2. The van der Waals surface area contributed by atoms with E-state index in [0.717, 1.165) is 19.3 Å². The van der Waals surface area contributed by atoms with Crippen LogP contribution in [0.25, 0.3) is 0 Å². The lowest BCUT2D eigenvalue weighted by atomic mass is 10.1. The molecule has 1 heterocycles. The van der Waals surface area contributed by atoms with E-state index in [2.05, 4.69) is 5.32 Å². The topological polar surface area (TPSA) is 83.1 Å². The molecule has 2 aromatic carbocycles. The Morgan fingerprint density at radius 1 is 1.07 bits per heavy atom. The lowest BCUT2D eigenvalue weighted by Gasteiger charge is -2.14. The van der Waals surface area contributed by atoms with Crippen molar-refractivity contribution in [2.24, 2.45) is 0 Å². The Bertz CT molecular complexity index is 910. The van der Waals surface area contributed by atoms with Crippen LogP contribution in [0, 0.1) is 0 Å². The van der Waals surface area contributed by atoms with Gasteiger partial charge < -0.3 is 24.3 Å². The molecule has 0 radical (unpaired) electrons. The Morgan fingerprint density at radius 3 is 2.79 bits per heavy atom. The third-order valence-electron chi connectivity index (χ3n) is 4.74. The first-order valence-electron chi connectivity index (χ1n) is 9.23. The minimum Gasteiger partial charge on any atom is -0.482 e. The van der Waals surface area contributed by atoms with Crippen LogP contribution in [0.2, 0.25) is 0 Å². The number of hydrogen-bond acceptors (Lipinski definition) is 6. The summed E-state index contributed by atoms with van der Waals surface area (Å²) in [6.45, 7) is 1.42. The normalized spacial score (nSPS) is 14.9. The average molecular weight is 383 g/mol. The Labute approximate surface area is 162 Å². The van der Waals surface area contributed by atoms with E-state index in [1.54, 1.807) is 18.2 Å². The summed E-state index contributed by atoms with van der Waals surface area (Å²) < 4.78 is 21.2. The number of anilines is 1. The van der Waals surface area contributed by atoms with E-state index in [1.165, 1.54) is 18.1 Å². The molecule has 28 heavy (non-hydrogen) atoms. The number of esters is 1. The quantitative estimate of drug-likeness (QED) is 0.773. The van der Waals surface area contributed by atoms with Crippen molar-refractivity contribution in [1.29, 1.82) is 0 Å². The van der Waals surface area contributed by atoms with Gasteiger partial charge in [0.25, 0.3) is 5.91 Å². The number of hydrogen-bond donors (Lipinski definition) is 1. The molecule has 0 saturated heterocycles. The Balaban J connectivity index is 1.26. The van der Waals surface area contributed by atoms with Crippen molar-refractivity contribution < 1.29 is 28.5 Å². The van der Waals surface area contributed by atoms with Gasteiger partial charge in [-0.1, -0.05) is 6.07 Å². The van der Waals surface area contributed by atoms with Gasteiger partial charge in [0.05, 0.1) is 0 Å². The first kappa shape index (κ1) is 18.2. The molecule has 1 atom stereocenters. The molecule has 0 unspecified atom stereocenters. The number of amides is 1. The molecular formula is C21H21NO6. The zero-order chi connectivity index (χ0) is 19.5. The van der Waals surface area contributed by atoms with E-state index in [9.17, 15) is 9.59 Å². The van der Waals surface area contributed by atoms with Gasteiger partial charge in [0.1, 0.15) is 5.75 Å². The molecule has 146 valence electrons. The largest absolute Gasteiger partial charge is 0.482 e. The minimum absolute atomic E-state index is 0.158. The second-order valence-corrected chi connectivity index (χ2v) is 6.76. The summed E-state index contributed by atoms with van der Waals surface area (Å²) in [6.07, 6.45) is 2.32. The SMILES string of the molecule is C[C@H](OC(=O)COc1ccc2c(c1)CCC2)C(=O)Nc1ccc2c(c1)OCO2. The molecule has 0 spiro atoms. The highest BCUT2D eigenvalue weighted by Gasteiger charge is 2.20. The number of rotatable bonds is 6. The number of benzene rings is 2. The Hall–Kier alpha value is -3.22. The van der Waals surface area contributed by atoms with Gasteiger partial charge in [-0.3, -0.25) is 4.79 Å². The number of carbonyl (C=O) groups is 2. The van der Waals surface area contributed by atoms with E-state index in [4.69, 9.17) is 18.9 Å². The zero-order valence-corrected chi connectivity index (χ0v) is 15.5. The third-order valence-corrected chi connectivity index (χ3v) is 4.74. The Kier molecular flexibility index (Phi) is 5.06. The van der Waals surface area contributed by atoms with E-state index in [0.29, 0.717) is 22.9 Å². The van der Waals surface area contributed by atoms with Crippen molar-refractivity contribution >= 4 is 17.6 Å². The first-order chi connectivity index (χ1) is 13.6. The van der Waals surface area contributed by atoms with Gasteiger partial charge in [0.2, 0.25) is 6.79 Å². The van der Waals surface area contributed by atoms with Crippen LogP contribution in [-0.4, -0.2) is 31.4 Å². The summed E-state index contributed by atoms with van der Waals surface area (Å²) in [7, 11) is 0. The molecule has 2 aromatic rings. The molecule has 7 heteroatoms. The predicted octanol–water partition coefficient (Wildman–Crippen LogP) is 2.85. The number of carbonyl (C=O) groups excluding carboxylic acids is 2. The maximum atomic E-state index is 12.2. The van der Waals surface area contributed by atoms with Gasteiger partial charge in [0, 0.05) is 11.8 Å². The van der Waals surface area contributed by atoms with Crippen LogP contribution in [-0.2, 0) is 27.2 Å². The number of nitrogens with one attached hydrogen (secondary N) is 1. The smallest absolute Gasteiger partial charge is 0.344 e. The molecule has 1 amide bonds. The molecule has 7 nitrogen and oxygen atoms in total. The van der Waals surface area contributed by atoms with Gasteiger partial charge >= 0.3 is 5.97 Å².